The second-order valence-corrected chi connectivity index (χ2v) is 6.07. The third-order valence-electron chi connectivity index (χ3n) is 4.55. The molecule has 26 heavy (non-hydrogen) atoms. The molecule has 0 amide bonds. The molecule has 0 aliphatic heterocycles. The van der Waals surface area contributed by atoms with Gasteiger partial charge in [0.15, 0.2) is 11.6 Å². The van der Waals surface area contributed by atoms with E-state index in [2.05, 4.69) is 0 Å². The summed E-state index contributed by atoms with van der Waals surface area (Å²) < 4.78 is 20.7. The van der Waals surface area contributed by atoms with E-state index in [4.69, 9.17) is 4.74 Å². The molecule has 0 aliphatic rings. The van der Waals surface area contributed by atoms with Gasteiger partial charge in [-0.05, 0) is 37.6 Å². The summed E-state index contributed by atoms with van der Waals surface area (Å²) in [5.41, 5.74) is 1.68. The van der Waals surface area contributed by atoms with Crippen LogP contribution in [0.3, 0.4) is 0 Å². The van der Waals surface area contributed by atoms with Crippen LogP contribution in [-0.2, 0) is 4.79 Å². The number of halogens is 1. The molecule has 0 radical (unpaired) electrons. The average Bonchev–Trinajstić information content (AvgIpc) is 2.91. The molecule has 2 aromatic carbocycles. The quantitative estimate of drug-likeness (QED) is 0.769. The van der Waals surface area contributed by atoms with Crippen LogP contribution < -0.4 is 4.74 Å². The van der Waals surface area contributed by atoms with Crippen molar-refractivity contribution in [1.29, 1.82) is 0 Å². The Bertz CT molecular complexity index is 1010. The molecule has 1 unspecified atom stereocenters. The normalized spacial score (nSPS) is 12.2. The number of methoxy groups -OCH3 is 1. The van der Waals surface area contributed by atoms with Crippen LogP contribution in [0, 0.1) is 12.7 Å². The van der Waals surface area contributed by atoms with Gasteiger partial charge in [-0.25, -0.2) is 4.39 Å². The van der Waals surface area contributed by atoms with E-state index >= 15 is 0 Å². The van der Waals surface area contributed by atoms with Crippen LogP contribution in [-0.4, -0.2) is 28.7 Å². The highest BCUT2D eigenvalue weighted by Crippen LogP contribution is 2.36. The molecule has 1 heterocycles. The van der Waals surface area contributed by atoms with E-state index in [0.717, 1.165) is 0 Å². The van der Waals surface area contributed by atoms with Gasteiger partial charge in [0.25, 0.3) is 5.91 Å². The smallest absolute Gasteiger partial charge is 0.310 e. The summed E-state index contributed by atoms with van der Waals surface area (Å²) in [6.07, 6.45) is 0. The van der Waals surface area contributed by atoms with E-state index in [1.165, 1.54) is 30.7 Å². The van der Waals surface area contributed by atoms with Crippen LogP contribution >= 0.6 is 0 Å². The van der Waals surface area contributed by atoms with Crippen LogP contribution in [0.15, 0.2) is 42.5 Å². The van der Waals surface area contributed by atoms with Crippen molar-refractivity contribution in [3.63, 3.8) is 0 Å². The maximum absolute atomic E-state index is 14.3. The van der Waals surface area contributed by atoms with Crippen molar-refractivity contribution >= 4 is 22.8 Å². The Morgan fingerprint density at radius 3 is 2.42 bits per heavy atom. The summed E-state index contributed by atoms with van der Waals surface area (Å²) in [5, 5.41) is 9.95. The highest BCUT2D eigenvalue weighted by atomic mass is 19.1. The molecule has 6 heteroatoms. The molecular formula is C20H18FNO4. The van der Waals surface area contributed by atoms with Gasteiger partial charge in [-0.15, -0.1) is 0 Å². The first-order chi connectivity index (χ1) is 12.4. The van der Waals surface area contributed by atoms with E-state index in [1.54, 1.807) is 37.3 Å². The lowest BCUT2D eigenvalue weighted by molar-refractivity contribution is -0.138. The maximum atomic E-state index is 14.3. The topological polar surface area (TPSA) is 68.5 Å². The first-order valence-corrected chi connectivity index (χ1v) is 8.07. The Hall–Kier alpha value is -3.15. The minimum Gasteiger partial charge on any atom is -0.494 e. The van der Waals surface area contributed by atoms with Gasteiger partial charge in [-0.1, -0.05) is 18.2 Å². The van der Waals surface area contributed by atoms with Crippen molar-refractivity contribution in [1.82, 2.24) is 4.57 Å². The molecule has 134 valence electrons. The fourth-order valence-electron chi connectivity index (χ4n) is 3.24. The van der Waals surface area contributed by atoms with E-state index in [1.807, 2.05) is 0 Å². The molecule has 0 fully saturated rings. The standard InChI is InChI=1S/C20H18FNO4/c1-11(20(24)25)18-12(2)22(19(23)13-7-5-4-6-8-13)16-10-15(21)17(26-3)9-14(16)18/h4-11H,1-3H3,(H,24,25). The molecule has 1 N–H and O–H groups in total. The molecule has 5 nitrogen and oxygen atoms in total. The summed E-state index contributed by atoms with van der Waals surface area (Å²) in [5.74, 6) is -2.85. The molecule has 0 aliphatic carbocycles. The van der Waals surface area contributed by atoms with Gasteiger partial charge >= 0.3 is 5.97 Å². The fraction of sp³-hybridized carbons (Fsp3) is 0.200. The molecule has 0 spiro atoms. The minimum absolute atomic E-state index is 0.000601. The molecule has 0 saturated heterocycles. The van der Waals surface area contributed by atoms with Crippen LogP contribution in [0.4, 0.5) is 4.39 Å². The number of carboxylic acids is 1. The molecule has 3 aromatic rings. The Morgan fingerprint density at radius 1 is 1.19 bits per heavy atom. The summed E-state index contributed by atoms with van der Waals surface area (Å²) in [7, 11) is 1.34. The van der Waals surface area contributed by atoms with Crippen LogP contribution in [0.1, 0.15) is 34.5 Å². The summed E-state index contributed by atoms with van der Waals surface area (Å²) in [6.45, 7) is 3.21. The van der Waals surface area contributed by atoms with Gasteiger partial charge in [0.2, 0.25) is 0 Å². The van der Waals surface area contributed by atoms with Crippen LogP contribution in [0.2, 0.25) is 0 Å². The second kappa shape index (κ2) is 6.63. The number of benzene rings is 2. The van der Waals surface area contributed by atoms with Gasteiger partial charge in [-0.3, -0.25) is 14.2 Å². The van der Waals surface area contributed by atoms with Gasteiger partial charge in [-0.2, -0.15) is 0 Å². The van der Waals surface area contributed by atoms with Crippen molar-refractivity contribution in [2.45, 2.75) is 19.8 Å². The summed E-state index contributed by atoms with van der Waals surface area (Å²) >= 11 is 0. The van der Waals surface area contributed by atoms with Gasteiger partial charge in [0, 0.05) is 22.7 Å². The Labute approximate surface area is 149 Å². The van der Waals surface area contributed by atoms with Gasteiger partial charge in [0.1, 0.15) is 0 Å². The van der Waals surface area contributed by atoms with Crippen LogP contribution in [0.5, 0.6) is 5.75 Å². The molecular weight excluding hydrogens is 337 g/mol. The number of hydrogen-bond acceptors (Lipinski definition) is 3. The van der Waals surface area contributed by atoms with Crippen molar-refractivity contribution < 1.29 is 23.8 Å². The molecule has 3 rings (SSSR count). The van der Waals surface area contributed by atoms with E-state index in [9.17, 15) is 19.1 Å². The SMILES string of the molecule is COc1cc2c(C(C)C(=O)O)c(C)n(C(=O)c3ccccc3)c2cc1F. The Morgan fingerprint density at radius 2 is 1.85 bits per heavy atom. The number of ether oxygens (including phenoxy) is 1. The maximum Gasteiger partial charge on any atom is 0.310 e. The van der Waals surface area contributed by atoms with E-state index in [-0.39, 0.29) is 11.7 Å². The number of nitrogens with zero attached hydrogens (tertiary/aromatic N) is 1. The van der Waals surface area contributed by atoms with Crippen molar-refractivity contribution in [2.24, 2.45) is 0 Å². The van der Waals surface area contributed by atoms with E-state index < -0.39 is 17.7 Å². The first kappa shape index (κ1) is 17.7. The zero-order chi connectivity index (χ0) is 19.0. The first-order valence-electron chi connectivity index (χ1n) is 8.07. The van der Waals surface area contributed by atoms with Crippen molar-refractivity contribution in [3.8, 4) is 5.75 Å². The minimum atomic E-state index is -1.03. The Balaban J connectivity index is 2.36. The average molecular weight is 355 g/mol. The summed E-state index contributed by atoms with van der Waals surface area (Å²) in [6, 6.07) is 11.2. The Kier molecular flexibility index (Phi) is 4.50. The van der Waals surface area contributed by atoms with Gasteiger partial charge < -0.3 is 9.84 Å². The number of carbonyl (C=O) groups is 2. The third-order valence-corrected chi connectivity index (χ3v) is 4.55. The predicted octanol–water partition coefficient (Wildman–Crippen LogP) is 3.97. The monoisotopic (exact) mass is 355 g/mol. The number of fused-ring (bicyclic) bond motifs is 1. The molecule has 0 bridgehead atoms. The molecule has 1 aromatic heterocycles. The highest BCUT2D eigenvalue weighted by molar-refractivity contribution is 6.05. The zero-order valence-corrected chi connectivity index (χ0v) is 14.6. The number of carboxylic acid groups (broad SMARTS) is 1. The molecule has 0 saturated carbocycles. The van der Waals surface area contributed by atoms with Gasteiger partial charge in [0.05, 0.1) is 18.5 Å². The lowest BCUT2D eigenvalue weighted by Crippen LogP contribution is -2.15. The molecule has 1 atom stereocenters. The number of rotatable bonds is 4. The van der Waals surface area contributed by atoms with Crippen LogP contribution in [0.25, 0.3) is 10.9 Å². The third kappa shape index (κ3) is 2.73. The number of carbonyl (C=O) groups excluding carboxylic acids is 1. The fourth-order valence-corrected chi connectivity index (χ4v) is 3.24. The number of hydrogen-bond donors (Lipinski definition) is 1. The second-order valence-electron chi connectivity index (χ2n) is 6.07. The summed E-state index contributed by atoms with van der Waals surface area (Å²) in [4.78, 5) is 24.6. The largest absolute Gasteiger partial charge is 0.494 e. The van der Waals surface area contributed by atoms with Crippen molar-refractivity contribution in [2.75, 3.05) is 7.11 Å². The lowest BCUT2D eigenvalue weighted by Gasteiger charge is -2.09. The van der Waals surface area contributed by atoms with E-state index in [0.29, 0.717) is 27.7 Å². The number of aromatic nitrogens is 1. The van der Waals surface area contributed by atoms with Crippen molar-refractivity contribution in [3.05, 3.63) is 65.1 Å². The zero-order valence-electron chi connectivity index (χ0n) is 14.6. The number of aliphatic carboxylic acids is 1. The lowest BCUT2D eigenvalue weighted by atomic mass is 9.98. The highest BCUT2D eigenvalue weighted by Gasteiger charge is 2.27. The predicted molar refractivity (Wildman–Crippen MR) is 95.4 cm³/mol.